The minimum Gasteiger partial charge on any atom is -0.490 e. The highest BCUT2D eigenvalue weighted by atomic mass is 79.9. The smallest absolute Gasteiger partial charge is 0.129 e. The molecule has 2 nitrogen and oxygen atoms in total. The molecule has 0 unspecified atom stereocenters. The van der Waals surface area contributed by atoms with Gasteiger partial charge < -0.3 is 10.5 Å². The summed E-state index contributed by atoms with van der Waals surface area (Å²) in [6, 6.07) is 5.72. The monoisotopic (exact) mass is 301 g/mol. The van der Waals surface area contributed by atoms with E-state index in [2.05, 4.69) is 29.8 Å². The minimum absolute atomic E-state index is 0.217. The number of hydrogen-bond donors (Lipinski definition) is 1. The Balaban J connectivity index is 2.98. The molecule has 1 aromatic rings. The van der Waals surface area contributed by atoms with Crippen LogP contribution in [0.2, 0.25) is 0 Å². The first-order valence-corrected chi connectivity index (χ1v) is 6.54. The predicted molar refractivity (Wildman–Crippen MR) is 75.0 cm³/mol. The summed E-state index contributed by atoms with van der Waals surface area (Å²) in [7, 11) is 0. The van der Waals surface area contributed by atoms with Crippen LogP contribution in [0.1, 0.15) is 32.3 Å². The van der Waals surface area contributed by atoms with E-state index < -0.39 is 0 Å². The molecule has 0 heterocycles. The molecule has 16 heavy (non-hydrogen) atoms. The maximum Gasteiger partial charge on any atom is 0.129 e. The number of rotatable bonds is 5. The Kier molecular flexibility index (Phi) is 5.22. The van der Waals surface area contributed by atoms with Gasteiger partial charge in [0.05, 0.1) is 11.7 Å². The van der Waals surface area contributed by atoms with Crippen molar-refractivity contribution in [3.05, 3.63) is 28.2 Å². The van der Waals surface area contributed by atoms with E-state index in [1.807, 2.05) is 18.2 Å². The summed E-state index contributed by atoms with van der Waals surface area (Å²) in [5.74, 6) is 0.768. The molecule has 4 heteroatoms. The third kappa shape index (κ3) is 3.46. The van der Waals surface area contributed by atoms with Gasteiger partial charge in [-0.3, -0.25) is 0 Å². The van der Waals surface area contributed by atoms with Crippen molar-refractivity contribution >= 4 is 33.1 Å². The molecular formula is C12H16BrNOS. The average Bonchev–Trinajstić information content (AvgIpc) is 2.27. The Morgan fingerprint density at radius 3 is 2.56 bits per heavy atom. The Hall–Kier alpha value is -0.610. The van der Waals surface area contributed by atoms with Gasteiger partial charge in [0.15, 0.2) is 0 Å². The molecule has 0 saturated carbocycles. The fourth-order valence-electron chi connectivity index (χ4n) is 1.43. The van der Waals surface area contributed by atoms with Crippen molar-refractivity contribution < 1.29 is 4.74 Å². The van der Waals surface area contributed by atoms with Crippen LogP contribution in [0, 0.1) is 0 Å². The van der Waals surface area contributed by atoms with E-state index in [-0.39, 0.29) is 6.10 Å². The lowest BCUT2D eigenvalue weighted by atomic mass is 10.2. The Labute approximate surface area is 110 Å². The lowest BCUT2D eigenvalue weighted by Gasteiger charge is -2.18. The van der Waals surface area contributed by atoms with Crippen LogP contribution in [-0.4, -0.2) is 11.1 Å². The molecular weight excluding hydrogens is 286 g/mol. The number of ether oxygens (including phenoxy) is 1. The molecule has 0 atom stereocenters. The fourth-order valence-corrected chi connectivity index (χ4v) is 1.95. The van der Waals surface area contributed by atoms with E-state index in [4.69, 9.17) is 22.7 Å². The molecule has 0 radical (unpaired) electrons. The van der Waals surface area contributed by atoms with Gasteiger partial charge in [0.25, 0.3) is 0 Å². The second kappa shape index (κ2) is 6.21. The van der Waals surface area contributed by atoms with Gasteiger partial charge in [0.1, 0.15) is 10.7 Å². The highest BCUT2D eigenvalue weighted by Crippen LogP contribution is 2.25. The van der Waals surface area contributed by atoms with E-state index in [1.54, 1.807) is 0 Å². The highest BCUT2D eigenvalue weighted by Gasteiger charge is 2.11. The van der Waals surface area contributed by atoms with Crippen LogP contribution < -0.4 is 10.5 Å². The summed E-state index contributed by atoms with van der Waals surface area (Å²) in [5, 5.41) is 0. The predicted octanol–water partition coefficient (Wildman–Crippen LogP) is 3.65. The normalized spacial score (nSPS) is 10.5. The second-order valence-corrected chi connectivity index (χ2v) is 4.92. The minimum atomic E-state index is 0.217. The molecule has 88 valence electrons. The molecule has 0 spiro atoms. The van der Waals surface area contributed by atoms with Crippen LogP contribution in [0.15, 0.2) is 22.7 Å². The van der Waals surface area contributed by atoms with Gasteiger partial charge >= 0.3 is 0 Å². The molecule has 0 fully saturated rings. The van der Waals surface area contributed by atoms with Gasteiger partial charge in [0.2, 0.25) is 0 Å². The maximum atomic E-state index is 5.87. The van der Waals surface area contributed by atoms with Crippen molar-refractivity contribution in [3.63, 3.8) is 0 Å². The van der Waals surface area contributed by atoms with E-state index >= 15 is 0 Å². The molecule has 0 aromatic heterocycles. The van der Waals surface area contributed by atoms with Crippen LogP contribution in [-0.2, 0) is 0 Å². The zero-order valence-electron chi connectivity index (χ0n) is 9.50. The summed E-state index contributed by atoms with van der Waals surface area (Å²) in [6.07, 6.45) is 2.17. The standard InChI is InChI=1S/C12H16BrNOS/c1-3-9(4-2)15-11-6-5-8(13)7-10(11)12(14)16/h5-7,9H,3-4H2,1-2H3,(H2,14,16). The van der Waals surface area contributed by atoms with Crippen molar-refractivity contribution in [2.24, 2.45) is 5.73 Å². The number of nitrogens with two attached hydrogens (primary N) is 1. The average molecular weight is 302 g/mol. The summed E-state index contributed by atoms with van der Waals surface area (Å²) in [4.78, 5) is 0.363. The molecule has 2 N–H and O–H groups in total. The molecule has 0 saturated heterocycles. The molecule has 1 aromatic carbocycles. The van der Waals surface area contributed by atoms with Crippen LogP contribution in [0.3, 0.4) is 0 Å². The maximum absolute atomic E-state index is 5.87. The largest absolute Gasteiger partial charge is 0.490 e. The van der Waals surface area contributed by atoms with Gasteiger partial charge in [0, 0.05) is 4.47 Å². The van der Waals surface area contributed by atoms with Gasteiger partial charge in [-0.1, -0.05) is 42.0 Å². The summed E-state index contributed by atoms with van der Waals surface area (Å²) >= 11 is 8.41. The van der Waals surface area contributed by atoms with Gasteiger partial charge in [-0.25, -0.2) is 0 Å². The van der Waals surface area contributed by atoms with Crippen molar-refractivity contribution in [3.8, 4) is 5.75 Å². The molecule has 0 aliphatic carbocycles. The summed E-state index contributed by atoms with van der Waals surface area (Å²) in [5.41, 5.74) is 6.46. The van der Waals surface area contributed by atoms with Crippen LogP contribution in [0.4, 0.5) is 0 Å². The Morgan fingerprint density at radius 2 is 2.06 bits per heavy atom. The first-order chi connectivity index (χ1) is 7.58. The summed E-state index contributed by atoms with van der Waals surface area (Å²) < 4.78 is 6.82. The second-order valence-electron chi connectivity index (χ2n) is 3.56. The highest BCUT2D eigenvalue weighted by molar-refractivity contribution is 9.10. The van der Waals surface area contributed by atoms with Crippen LogP contribution >= 0.6 is 28.1 Å². The van der Waals surface area contributed by atoms with Crippen molar-refractivity contribution in [1.82, 2.24) is 0 Å². The number of halogens is 1. The van der Waals surface area contributed by atoms with Gasteiger partial charge in [-0.15, -0.1) is 0 Å². The number of benzene rings is 1. The van der Waals surface area contributed by atoms with Crippen LogP contribution in [0.5, 0.6) is 5.75 Å². The SMILES string of the molecule is CCC(CC)Oc1ccc(Br)cc1C(N)=S. The Morgan fingerprint density at radius 1 is 1.44 bits per heavy atom. The fraction of sp³-hybridized carbons (Fsp3) is 0.417. The van der Waals surface area contributed by atoms with E-state index in [1.165, 1.54) is 0 Å². The van der Waals surface area contributed by atoms with Gasteiger partial charge in [-0.05, 0) is 31.0 Å². The van der Waals surface area contributed by atoms with Crippen molar-refractivity contribution in [2.75, 3.05) is 0 Å². The molecule has 0 amide bonds. The first-order valence-electron chi connectivity index (χ1n) is 5.34. The van der Waals surface area contributed by atoms with E-state index in [9.17, 15) is 0 Å². The molecule has 0 aliphatic rings. The van der Waals surface area contributed by atoms with E-state index in [0.29, 0.717) is 4.99 Å². The molecule has 0 bridgehead atoms. The number of hydrogen-bond acceptors (Lipinski definition) is 2. The lowest BCUT2D eigenvalue weighted by molar-refractivity contribution is 0.192. The lowest BCUT2D eigenvalue weighted by Crippen LogP contribution is -2.18. The van der Waals surface area contributed by atoms with Crippen LogP contribution in [0.25, 0.3) is 0 Å². The van der Waals surface area contributed by atoms with Crippen molar-refractivity contribution in [1.29, 1.82) is 0 Å². The zero-order chi connectivity index (χ0) is 12.1. The quantitative estimate of drug-likeness (QED) is 0.843. The summed E-state index contributed by atoms with van der Waals surface area (Å²) in [6.45, 7) is 4.21. The van der Waals surface area contributed by atoms with E-state index in [0.717, 1.165) is 28.6 Å². The first kappa shape index (κ1) is 13.5. The van der Waals surface area contributed by atoms with Crippen molar-refractivity contribution in [2.45, 2.75) is 32.8 Å². The third-order valence-corrected chi connectivity index (χ3v) is 3.12. The zero-order valence-corrected chi connectivity index (χ0v) is 11.9. The number of thiocarbonyl (C=S) groups is 1. The molecule has 1 rings (SSSR count). The third-order valence-electron chi connectivity index (χ3n) is 2.41. The Bertz CT molecular complexity index is 377. The molecule has 0 aliphatic heterocycles. The van der Waals surface area contributed by atoms with Gasteiger partial charge in [-0.2, -0.15) is 0 Å². The topological polar surface area (TPSA) is 35.2 Å².